The van der Waals surface area contributed by atoms with Gasteiger partial charge in [0.05, 0.1) is 191 Å². The zero-order chi connectivity index (χ0) is 68.6. The summed E-state index contributed by atoms with van der Waals surface area (Å²) >= 11 is 0. The Morgan fingerprint density at radius 3 is 0.723 bits per heavy atom. The first kappa shape index (κ1) is 85.9. The zero-order valence-corrected chi connectivity index (χ0v) is 55.9. The lowest BCUT2D eigenvalue weighted by Gasteiger charge is -2.29. The summed E-state index contributed by atoms with van der Waals surface area (Å²) in [6, 6.07) is 9.15. The molecule has 0 saturated heterocycles. The van der Waals surface area contributed by atoms with Crippen LogP contribution >= 0.6 is 0 Å². The van der Waals surface area contributed by atoms with Crippen LogP contribution in [0.15, 0.2) is 30.3 Å². The standard InChI is InChI=1S/C61H109N11O22/c1-52(73)62-10-22-82-30-38-90-42-34-86-26-14-66-57(77)46-71(47-58(78)67-15-27-87-35-43-91-39-31-83-23-11-63-53(2)74)20-18-70(50-61(81)94-51-56-8-6-5-7-9-56)19-21-72(48-59(79)68-16-28-88-36-44-92-40-32-84-24-12-64-54(3)75)49-60(80)69-17-29-89-37-45-93-41-33-85-25-13-65-55(4)76/h5-9H,10-51H2,1-4H3,(H,62,73)(H,63,74)(H,64,75)(H,65,76)(H,66,77)(H,67,78)(H,68,79)(H,69,80). The second-order valence-corrected chi connectivity index (χ2v) is 20.5. The maximum absolute atomic E-state index is 13.6. The minimum atomic E-state index is -0.558. The number of ether oxygens (including phenoxy) is 13. The van der Waals surface area contributed by atoms with Gasteiger partial charge >= 0.3 is 5.97 Å². The van der Waals surface area contributed by atoms with Gasteiger partial charge in [-0.15, -0.1) is 0 Å². The summed E-state index contributed by atoms with van der Waals surface area (Å²) in [4.78, 5) is 116. The summed E-state index contributed by atoms with van der Waals surface area (Å²) in [5.41, 5.74) is 0.774. The predicted molar refractivity (Wildman–Crippen MR) is 342 cm³/mol. The van der Waals surface area contributed by atoms with Crippen LogP contribution in [0.3, 0.4) is 0 Å². The first-order valence-corrected chi connectivity index (χ1v) is 32.0. The summed E-state index contributed by atoms with van der Waals surface area (Å²) in [6.07, 6.45) is 0. The third-order valence-electron chi connectivity index (χ3n) is 12.3. The van der Waals surface area contributed by atoms with E-state index in [-0.39, 0.29) is 168 Å². The van der Waals surface area contributed by atoms with E-state index in [1.54, 1.807) is 14.7 Å². The Morgan fingerprint density at radius 1 is 0.277 bits per heavy atom. The molecule has 0 aliphatic carbocycles. The highest BCUT2D eigenvalue weighted by molar-refractivity contribution is 5.82. The van der Waals surface area contributed by atoms with Gasteiger partial charge in [0.2, 0.25) is 47.3 Å². The molecule has 0 heterocycles. The third-order valence-corrected chi connectivity index (χ3v) is 12.3. The van der Waals surface area contributed by atoms with Crippen LogP contribution in [0.4, 0.5) is 0 Å². The molecule has 0 spiro atoms. The van der Waals surface area contributed by atoms with Crippen LogP contribution in [-0.2, 0) is 111 Å². The maximum atomic E-state index is 13.6. The Bertz CT molecular complexity index is 1910. The van der Waals surface area contributed by atoms with E-state index >= 15 is 0 Å². The normalized spacial score (nSPS) is 11.2. The van der Waals surface area contributed by atoms with E-state index in [0.717, 1.165) is 5.56 Å². The summed E-state index contributed by atoms with van der Waals surface area (Å²) < 4.78 is 71.9. The molecule has 0 aliphatic rings. The summed E-state index contributed by atoms with van der Waals surface area (Å²) in [5, 5.41) is 21.9. The fourth-order valence-electron chi connectivity index (χ4n) is 7.68. The zero-order valence-electron chi connectivity index (χ0n) is 55.9. The molecule has 0 atom stereocenters. The lowest BCUT2D eigenvalue weighted by molar-refractivity contribution is -0.146. The fourth-order valence-corrected chi connectivity index (χ4v) is 7.68. The van der Waals surface area contributed by atoms with E-state index in [4.69, 9.17) is 61.6 Å². The number of carbonyl (C=O) groups excluding carboxylic acids is 9. The minimum Gasteiger partial charge on any atom is -0.460 e. The molecule has 33 nitrogen and oxygen atoms in total. The molecule has 1 aromatic carbocycles. The van der Waals surface area contributed by atoms with Gasteiger partial charge in [-0.1, -0.05) is 30.3 Å². The molecule has 8 amide bonds. The molecule has 0 fully saturated rings. The first-order chi connectivity index (χ1) is 45.6. The van der Waals surface area contributed by atoms with Crippen LogP contribution in [0, 0.1) is 0 Å². The molecule has 540 valence electrons. The van der Waals surface area contributed by atoms with Gasteiger partial charge in [-0.3, -0.25) is 57.9 Å². The summed E-state index contributed by atoms with van der Waals surface area (Å²) in [5.74, 6) is -2.67. The van der Waals surface area contributed by atoms with E-state index in [1.165, 1.54) is 27.7 Å². The van der Waals surface area contributed by atoms with Crippen LogP contribution < -0.4 is 42.5 Å². The van der Waals surface area contributed by atoms with E-state index in [0.29, 0.717) is 132 Å². The van der Waals surface area contributed by atoms with E-state index in [1.807, 2.05) is 30.3 Å². The number of hydrogen-bond acceptors (Lipinski definition) is 25. The molecule has 94 heavy (non-hydrogen) atoms. The van der Waals surface area contributed by atoms with Crippen molar-refractivity contribution in [3.63, 3.8) is 0 Å². The van der Waals surface area contributed by atoms with Crippen molar-refractivity contribution in [1.82, 2.24) is 57.2 Å². The van der Waals surface area contributed by atoms with Crippen molar-refractivity contribution >= 4 is 53.2 Å². The van der Waals surface area contributed by atoms with E-state index < -0.39 is 29.6 Å². The molecule has 8 N–H and O–H groups in total. The largest absolute Gasteiger partial charge is 0.460 e. The number of esters is 1. The number of benzene rings is 1. The molecule has 0 aromatic heterocycles. The summed E-state index contributed by atoms with van der Waals surface area (Å²) in [6.45, 7) is 14.6. The highest BCUT2D eigenvalue weighted by Gasteiger charge is 2.21. The molecular formula is C61H109N11O22. The van der Waals surface area contributed by atoms with Gasteiger partial charge in [-0.05, 0) is 5.56 Å². The third kappa shape index (κ3) is 60.8. The van der Waals surface area contributed by atoms with Crippen molar-refractivity contribution in [2.75, 3.05) is 270 Å². The van der Waals surface area contributed by atoms with Crippen molar-refractivity contribution in [3.8, 4) is 0 Å². The quantitative estimate of drug-likeness (QED) is 0.0227. The van der Waals surface area contributed by atoms with E-state index in [9.17, 15) is 43.2 Å². The van der Waals surface area contributed by atoms with Crippen LogP contribution in [0.25, 0.3) is 0 Å². The van der Waals surface area contributed by atoms with Gasteiger partial charge in [0.25, 0.3) is 0 Å². The number of amides is 8. The molecule has 1 aromatic rings. The van der Waals surface area contributed by atoms with Crippen molar-refractivity contribution in [1.29, 1.82) is 0 Å². The molecule has 33 heteroatoms. The second kappa shape index (κ2) is 62.9. The second-order valence-electron chi connectivity index (χ2n) is 20.5. The van der Waals surface area contributed by atoms with E-state index in [2.05, 4.69) is 42.5 Å². The molecule has 0 aliphatic heterocycles. The van der Waals surface area contributed by atoms with Crippen LogP contribution in [0.2, 0.25) is 0 Å². The first-order valence-electron chi connectivity index (χ1n) is 32.0. The Labute approximate surface area is 553 Å². The summed E-state index contributed by atoms with van der Waals surface area (Å²) in [7, 11) is 0. The molecule has 0 unspecified atom stereocenters. The highest BCUT2D eigenvalue weighted by atomic mass is 16.6. The lowest BCUT2D eigenvalue weighted by Crippen LogP contribution is -2.49. The number of nitrogens with zero attached hydrogens (tertiary/aromatic N) is 3. The topological polar surface area (TPSA) is 380 Å². The average molecular weight is 1350 g/mol. The molecular weight excluding hydrogens is 1240 g/mol. The van der Waals surface area contributed by atoms with Crippen LogP contribution in [-0.4, -0.2) is 338 Å². The van der Waals surface area contributed by atoms with Crippen molar-refractivity contribution in [2.24, 2.45) is 0 Å². The lowest BCUT2D eigenvalue weighted by atomic mass is 10.2. The number of hydrogen-bond donors (Lipinski definition) is 8. The van der Waals surface area contributed by atoms with Crippen molar-refractivity contribution < 1.29 is 105 Å². The van der Waals surface area contributed by atoms with Gasteiger partial charge < -0.3 is 104 Å². The van der Waals surface area contributed by atoms with Gasteiger partial charge in [-0.2, -0.15) is 0 Å². The van der Waals surface area contributed by atoms with Gasteiger partial charge in [0, 0.05) is 106 Å². The molecule has 0 radical (unpaired) electrons. The number of nitrogens with one attached hydrogen (secondary N) is 8. The van der Waals surface area contributed by atoms with Crippen LogP contribution in [0.1, 0.15) is 33.3 Å². The van der Waals surface area contributed by atoms with Gasteiger partial charge in [0.15, 0.2) is 0 Å². The Hall–Kier alpha value is -6.15. The van der Waals surface area contributed by atoms with Gasteiger partial charge in [0.1, 0.15) is 6.61 Å². The predicted octanol–water partition coefficient (Wildman–Crippen LogP) is -4.16. The Morgan fingerprint density at radius 2 is 0.489 bits per heavy atom. The van der Waals surface area contributed by atoms with Crippen molar-refractivity contribution in [3.05, 3.63) is 35.9 Å². The minimum absolute atomic E-state index is 0.00967. The van der Waals surface area contributed by atoms with Crippen molar-refractivity contribution in [2.45, 2.75) is 34.3 Å². The monoisotopic (exact) mass is 1350 g/mol. The average Bonchev–Trinajstić information content (AvgIpc) is 1.69. The van der Waals surface area contributed by atoms with Gasteiger partial charge in [-0.25, -0.2) is 0 Å². The molecule has 0 saturated carbocycles. The Balaban J connectivity index is 3.08. The van der Waals surface area contributed by atoms with Crippen LogP contribution in [0.5, 0.6) is 0 Å². The highest BCUT2D eigenvalue weighted by Crippen LogP contribution is 2.04. The molecule has 1 rings (SSSR count). The number of carbonyl (C=O) groups is 9. The maximum Gasteiger partial charge on any atom is 0.320 e. The Kier molecular flexibility index (Phi) is 57.5. The smallest absolute Gasteiger partial charge is 0.320 e. The molecule has 0 bridgehead atoms. The SMILES string of the molecule is CC(=O)NCCOCCOCCOCCNC(=O)CN(CCN(CCN(CC(=O)NCCOCCOCCOCCNC(C)=O)CC(=O)NCCOCCOCCOCCNC(C)=O)CC(=O)OCc1ccccc1)CC(=O)NCCOCCOCCOCCNC(C)=O. The fraction of sp³-hybridized carbons (Fsp3) is 0.754. The number of rotatable bonds is 66.